The minimum Gasteiger partial charge on any atom is -0.383 e. The molecule has 118 valence electrons. The highest BCUT2D eigenvalue weighted by molar-refractivity contribution is 7.88. The predicted octanol–water partition coefficient (Wildman–Crippen LogP) is 1.35. The lowest BCUT2D eigenvalue weighted by molar-refractivity contribution is 0.185. The van der Waals surface area contributed by atoms with E-state index in [2.05, 4.69) is 5.32 Å². The van der Waals surface area contributed by atoms with Gasteiger partial charge < -0.3 is 10.1 Å². The fraction of sp³-hybridized carbons (Fsp3) is 0.600. The topological polar surface area (TPSA) is 58.6 Å². The van der Waals surface area contributed by atoms with Crippen molar-refractivity contribution in [3.63, 3.8) is 0 Å². The molecule has 1 fully saturated rings. The quantitative estimate of drug-likeness (QED) is 0.748. The molecule has 0 aromatic heterocycles. The molecule has 1 aromatic carbocycles. The third-order valence-electron chi connectivity index (χ3n) is 3.63. The van der Waals surface area contributed by atoms with Crippen LogP contribution in [0.3, 0.4) is 0 Å². The van der Waals surface area contributed by atoms with Crippen molar-refractivity contribution in [1.82, 2.24) is 9.62 Å². The SMILES string of the molecule is COCCN(C)S(=O)(=O)Cc1ccc(CNC2CC2)cc1. The van der Waals surface area contributed by atoms with E-state index >= 15 is 0 Å². The molecule has 1 aliphatic carbocycles. The first kappa shape index (κ1) is 16.4. The van der Waals surface area contributed by atoms with Crippen molar-refractivity contribution in [2.24, 2.45) is 0 Å². The van der Waals surface area contributed by atoms with Crippen LogP contribution in [0.1, 0.15) is 24.0 Å². The molecule has 0 spiro atoms. The smallest absolute Gasteiger partial charge is 0.218 e. The number of ether oxygens (including phenoxy) is 1. The molecule has 1 aliphatic rings. The third-order valence-corrected chi connectivity index (χ3v) is 5.46. The van der Waals surface area contributed by atoms with Gasteiger partial charge in [-0.1, -0.05) is 24.3 Å². The van der Waals surface area contributed by atoms with Gasteiger partial charge in [0, 0.05) is 33.3 Å². The third kappa shape index (κ3) is 5.39. The molecule has 6 heteroatoms. The Bertz CT molecular complexity index is 539. The Morgan fingerprint density at radius 1 is 1.24 bits per heavy atom. The fourth-order valence-electron chi connectivity index (χ4n) is 1.98. The molecule has 2 rings (SSSR count). The lowest BCUT2D eigenvalue weighted by Gasteiger charge is -2.16. The monoisotopic (exact) mass is 312 g/mol. The molecular formula is C15H24N2O3S. The van der Waals surface area contributed by atoms with Gasteiger partial charge >= 0.3 is 0 Å². The molecule has 1 aromatic rings. The van der Waals surface area contributed by atoms with Crippen LogP contribution >= 0.6 is 0 Å². The van der Waals surface area contributed by atoms with Crippen LogP contribution in [0.2, 0.25) is 0 Å². The summed E-state index contributed by atoms with van der Waals surface area (Å²) in [5, 5.41) is 3.44. The van der Waals surface area contributed by atoms with E-state index in [1.54, 1.807) is 14.2 Å². The summed E-state index contributed by atoms with van der Waals surface area (Å²) in [6, 6.07) is 8.46. The van der Waals surface area contributed by atoms with Gasteiger partial charge in [0.15, 0.2) is 0 Å². The number of hydrogen-bond acceptors (Lipinski definition) is 4. The maximum Gasteiger partial charge on any atom is 0.218 e. The van der Waals surface area contributed by atoms with Crippen molar-refractivity contribution in [3.05, 3.63) is 35.4 Å². The standard InChI is InChI=1S/C15H24N2O3S/c1-17(9-10-20-2)21(18,19)12-14-5-3-13(4-6-14)11-16-15-7-8-15/h3-6,15-16H,7-12H2,1-2H3. The Kier molecular flexibility index (Phi) is 5.75. The Morgan fingerprint density at radius 3 is 2.43 bits per heavy atom. The number of sulfonamides is 1. The zero-order chi connectivity index (χ0) is 15.3. The maximum atomic E-state index is 12.2. The number of nitrogens with one attached hydrogen (secondary N) is 1. The molecule has 0 aliphatic heterocycles. The molecule has 0 heterocycles. The summed E-state index contributed by atoms with van der Waals surface area (Å²) in [5.41, 5.74) is 2.00. The van der Waals surface area contributed by atoms with E-state index < -0.39 is 10.0 Å². The van der Waals surface area contributed by atoms with Crippen LogP contribution in [-0.4, -0.2) is 46.1 Å². The number of nitrogens with zero attached hydrogens (tertiary/aromatic N) is 1. The summed E-state index contributed by atoms with van der Waals surface area (Å²) in [6.07, 6.45) is 2.54. The molecule has 0 atom stereocenters. The minimum atomic E-state index is -3.28. The zero-order valence-corrected chi connectivity index (χ0v) is 13.5. The first-order valence-electron chi connectivity index (χ1n) is 7.25. The van der Waals surface area contributed by atoms with Crippen LogP contribution in [0.4, 0.5) is 0 Å². The summed E-state index contributed by atoms with van der Waals surface area (Å²) < 4.78 is 30.6. The molecule has 0 radical (unpaired) electrons. The average molecular weight is 312 g/mol. The van der Waals surface area contributed by atoms with Crippen LogP contribution in [0.5, 0.6) is 0 Å². The Balaban J connectivity index is 1.88. The summed E-state index contributed by atoms with van der Waals surface area (Å²) >= 11 is 0. The van der Waals surface area contributed by atoms with Crippen LogP contribution in [0, 0.1) is 0 Å². The van der Waals surface area contributed by atoms with E-state index in [1.165, 1.54) is 22.7 Å². The lowest BCUT2D eigenvalue weighted by Crippen LogP contribution is -2.31. The Labute approximate surface area is 127 Å². The summed E-state index contributed by atoms with van der Waals surface area (Å²) in [7, 11) is -0.127. The molecule has 1 N–H and O–H groups in total. The van der Waals surface area contributed by atoms with Crippen molar-refractivity contribution >= 4 is 10.0 Å². The van der Waals surface area contributed by atoms with Gasteiger partial charge in [-0.05, 0) is 24.0 Å². The summed E-state index contributed by atoms with van der Waals surface area (Å²) in [5.74, 6) is 0.0313. The second-order valence-electron chi connectivity index (χ2n) is 5.54. The highest BCUT2D eigenvalue weighted by Crippen LogP contribution is 2.19. The lowest BCUT2D eigenvalue weighted by atomic mass is 10.1. The van der Waals surface area contributed by atoms with Crippen molar-refractivity contribution in [2.75, 3.05) is 27.3 Å². The van der Waals surface area contributed by atoms with Crippen molar-refractivity contribution in [2.45, 2.75) is 31.2 Å². The average Bonchev–Trinajstić information content (AvgIpc) is 3.27. The molecular weight excluding hydrogens is 288 g/mol. The second kappa shape index (κ2) is 7.35. The Morgan fingerprint density at radius 2 is 1.86 bits per heavy atom. The van der Waals surface area contributed by atoms with Crippen molar-refractivity contribution in [1.29, 1.82) is 0 Å². The van der Waals surface area contributed by atoms with Crippen molar-refractivity contribution in [3.8, 4) is 0 Å². The summed E-state index contributed by atoms with van der Waals surface area (Å²) in [6.45, 7) is 1.63. The van der Waals surface area contributed by atoms with Crippen LogP contribution in [0.25, 0.3) is 0 Å². The van der Waals surface area contributed by atoms with Gasteiger partial charge in [-0.15, -0.1) is 0 Å². The first-order chi connectivity index (χ1) is 10.0. The zero-order valence-electron chi connectivity index (χ0n) is 12.7. The largest absolute Gasteiger partial charge is 0.383 e. The second-order valence-corrected chi connectivity index (χ2v) is 7.62. The number of likely N-dealkylation sites (N-methyl/N-ethyl adjacent to an activating group) is 1. The number of rotatable bonds is 9. The number of methoxy groups -OCH3 is 1. The number of benzene rings is 1. The van der Waals surface area contributed by atoms with Gasteiger partial charge in [-0.3, -0.25) is 0 Å². The predicted molar refractivity (Wildman–Crippen MR) is 83.4 cm³/mol. The number of hydrogen-bond donors (Lipinski definition) is 1. The van der Waals surface area contributed by atoms with Gasteiger partial charge in [0.1, 0.15) is 0 Å². The molecule has 0 saturated heterocycles. The van der Waals surface area contributed by atoms with E-state index in [4.69, 9.17) is 4.74 Å². The highest BCUT2D eigenvalue weighted by atomic mass is 32.2. The molecule has 0 amide bonds. The van der Waals surface area contributed by atoms with E-state index in [-0.39, 0.29) is 5.75 Å². The van der Waals surface area contributed by atoms with E-state index in [0.29, 0.717) is 19.2 Å². The molecule has 1 saturated carbocycles. The molecule has 21 heavy (non-hydrogen) atoms. The van der Waals surface area contributed by atoms with E-state index in [1.807, 2.05) is 24.3 Å². The fourth-order valence-corrected chi connectivity index (χ4v) is 3.17. The Hall–Kier alpha value is -0.950. The van der Waals surface area contributed by atoms with E-state index in [0.717, 1.165) is 12.1 Å². The molecule has 0 unspecified atom stereocenters. The van der Waals surface area contributed by atoms with Gasteiger partial charge in [0.2, 0.25) is 10.0 Å². The molecule has 5 nitrogen and oxygen atoms in total. The van der Waals surface area contributed by atoms with Crippen LogP contribution < -0.4 is 5.32 Å². The maximum absolute atomic E-state index is 12.2. The van der Waals surface area contributed by atoms with E-state index in [9.17, 15) is 8.42 Å². The molecule has 0 bridgehead atoms. The van der Waals surface area contributed by atoms with Gasteiger partial charge in [-0.2, -0.15) is 0 Å². The first-order valence-corrected chi connectivity index (χ1v) is 8.86. The minimum absolute atomic E-state index is 0.0313. The van der Waals surface area contributed by atoms with Crippen LogP contribution in [0.15, 0.2) is 24.3 Å². The van der Waals surface area contributed by atoms with Crippen molar-refractivity contribution < 1.29 is 13.2 Å². The highest BCUT2D eigenvalue weighted by Gasteiger charge is 2.20. The van der Waals surface area contributed by atoms with Gasteiger partial charge in [0.25, 0.3) is 0 Å². The van der Waals surface area contributed by atoms with Gasteiger partial charge in [0.05, 0.1) is 12.4 Å². The van der Waals surface area contributed by atoms with Gasteiger partial charge in [-0.25, -0.2) is 12.7 Å². The van der Waals surface area contributed by atoms with Crippen LogP contribution in [-0.2, 0) is 27.1 Å². The normalized spacial score (nSPS) is 15.6. The summed E-state index contributed by atoms with van der Waals surface area (Å²) in [4.78, 5) is 0.